The van der Waals surface area contributed by atoms with Gasteiger partial charge < -0.3 is 14.2 Å². The number of methoxy groups -OCH3 is 1. The molecule has 0 aliphatic heterocycles. The molecule has 0 aliphatic carbocycles. The van der Waals surface area contributed by atoms with Crippen molar-refractivity contribution in [2.45, 2.75) is 81.1 Å². The van der Waals surface area contributed by atoms with Crippen LogP contribution < -0.4 is 14.2 Å². The molecule has 206 valence electrons. The number of carbonyl (C=O) groups excluding carboxylic acids is 3. The molecule has 0 aliphatic rings. The van der Waals surface area contributed by atoms with Gasteiger partial charge in [-0.3, -0.25) is 14.4 Å². The van der Waals surface area contributed by atoms with E-state index in [2.05, 4.69) is 0 Å². The average molecular weight is 523 g/mol. The molecular weight excluding hydrogens is 480 g/mol. The van der Waals surface area contributed by atoms with Crippen LogP contribution in [-0.4, -0.2) is 24.8 Å². The number of allylic oxidation sites excluding steroid dienone is 1. The largest absolute Gasteiger partial charge is 0.496 e. The Balaban J connectivity index is 2.47. The number of hydrogen-bond donors (Lipinski definition) is 0. The molecule has 2 rings (SSSR count). The molecule has 0 spiro atoms. The summed E-state index contributed by atoms with van der Waals surface area (Å²) in [7, 11) is 1.57. The Kier molecular flexibility index (Phi) is 9.71. The minimum atomic E-state index is -0.665. The second-order valence-electron chi connectivity index (χ2n) is 12.1. The minimum absolute atomic E-state index is 0.00220. The Labute approximate surface area is 227 Å². The molecule has 6 nitrogen and oxygen atoms in total. The average Bonchev–Trinajstić information content (AvgIpc) is 2.81. The van der Waals surface area contributed by atoms with Gasteiger partial charge in [0.25, 0.3) is 0 Å². The van der Waals surface area contributed by atoms with Crippen molar-refractivity contribution in [1.82, 2.24) is 0 Å². The summed E-state index contributed by atoms with van der Waals surface area (Å²) in [5.74, 6) is 0.660. The molecule has 0 heterocycles. The van der Waals surface area contributed by atoms with E-state index in [1.54, 1.807) is 58.2 Å². The van der Waals surface area contributed by atoms with Crippen molar-refractivity contribution in [2.24, 2.45) is 10.8 Å². The van der Waals surface area contributed by atoms with Gasteiger partial charge in [0.15, 0.2) is 5.78 Å². The van der Waals surface area contributed by atoms with Gasteiger partial charge in [-0.15, -0.1) is 0 Å². The van der Waals surface area contributed by atoms with E-state index in [9.17, 15) is 14.4 Å². The van der Waals surface area contributed by atoms with Gasteiger partial charge in [0, 0.05) is 16.7 Å². The number of ketones is 1. The molecule has 6 heteroatoms. The fourth-order valence-electron chi connectivity index (χ4n) is 3.59. The van der Waals surface area contributed by atoms with E-state index in [0.29, 0.717) is 22.8 Å². The molecule has 0 saturated carbocycles. The highest BCUT2D eigenvalue weighted by Gasteiger charge is 2.29. The summed E-state index contributed by atoms with van der Waals surface area (Å²) in [5.41, 5.74) is 1.54. The molecule has 0 saturated heterocycles. The first-order chi connectivity index (χ1) is 17.5. The normalized spacial score (nSPS) is 12.2. The van der Waals surface area contributed by atoms with Crippen LogP contribution in [0, 0.1) is 10.8 Å². The predicted molar refractivity (Wildman–Crippen MR) is 151 cm³/mol. The number of esters is 2. The molecule has 0 N–H and O–H groups in total. The third-order valence-corrected chi connectivity index (χ3v) is 5.91. The Morgan fingerprint density at radius 2 is 1.29 bits per heavy atom. The maximum absolute atomic E-state index is 13.0. The molecule has 0 fully saturated rings. The van der Waals surface area contributed by atoms with E-state index in [-0.39, 0.29) is 29.6 Å². The number of carbonyl (C=O) groups is 3. The van der Waals surface area contributed by atoms with Crippen molar-refractivity contribution in [3.63, 3.8) is 0 Å². The predicted octanol–water partition coefficient (Wildman–Crippen LogP) is 7.74. The molecule has 0 unspecified atom stereocenters. The first kappa shape index (κ1) is 30.8. The fourth-order valence-corrected chi connectivity index (χ4v) is 3.59. The van der Waals surface area contributed by atoms with Gasteiger partial charge in [-0.2, -0.15) is 0 Å². The van der Waals surface area contributed by atoms with E-state index >= 15 is 0 Å². The third kappa shape index (κ3) is 7.56. The first-order valence-corrected chi connectivity index (χ1v) is 13.0. The molecule has 0 bridgehead atoms. The van der Waals surface area contributed by atoms with Crippen LogP contribution in [0.1, 0.15) is 108 Å². The number of hydrogen-bond acceptors (Lipinski definition) is 6. The highest BCUT2D eigenvalue weighted by Crippen LogP contribution is 2.44. The zero-order valence-electron chi connectivity index (χ0n) is 24.6. The summed E-state index contributed by atoms with van der Waals surface area (Å²) >= 11 is 0. The van der Waals surface area contributed by atoms with Crippen molar-refractivity contribution in [1.29, 1.82) is 0 Å². The van der Waals surface area contributed by atoms with Gasteiger partial charge in [0.1, 0.15) is 17.2 Å². The molecule has 2 aromatic carbocycles. The van der Waals surface area contributed by atoms with E-state index < -0.39 is 10.8 Å². The minimum Gasteiger partial charge on any atom is -0.496 e. The van der Waals surface area contributed by atoms with Crippen LogP contribution in [0.4, 0.5) is 0 Å². The van der Waals surface area contributed by atoms with E-state index in [4.69, 9.17) is 14.2 Å². The number of ether oxygens (including phenoxy) is 3. The summed E-state index contributed by atoms with van der Waals surface area (Å²) in [6, 6.07) is 8.39. The lowest BCUT2D eigenvalue weighted by atomic mass is 9.89. The Hall–Kier alpha value is -3.41. The van der Waals surface area contributed by atoms with Gasteiger partial charge in [0.2, 0.25) is 0 Å². The van der Waals surface area contributed by atoms with Crippen LogP contribution in [0.5, 0.6) is 17.2 Å². The zero-order valence-corrected chi connectivity index (χ0v) is 24.6. The van der Waals surface area contributed by atoms with Gasteiger partial charge in [-0.05, 0) is 101 Å². The van der Waals surface area contributed by atoms with Crippen molar-refractivity contribution in [2.75, 3.05) is 7.11 Å². The van der Waals surface area contributed by atoms with E-state index in [1.165, 1.54) is 6.08 Å². The van der Waals surface area contributed by atoms with Gasteiger partial charge >= 0.3 is 11.9 Å². The lowest BCUT2D eigenvalue weighted by Crippen LogP contribution is -2.27. The van der Waals surface area contributed by atoms with Crippen molar-refractivity contribution < 1.29 is 28.6 Å². The van der Waals surface area contributed by atoms with Crippen LogP contribution in [0.15, 0.2) is 36.4 Å². The SMILES string of the molecule is COc1c(C=CC(=O)c2ccc(OC(=O)C(C)(C)C)cc2)cc(C(C)C)c(OC(=O)C(C)(C)C)c1C(C)C. The quantitative estimate of drug-likeness (QED) is 0.153. The summed E-state index contributed by atoms with van der Waals surface area (Å²) in [5, 5.41) is 0. The maximum Gasteiger partial charge on any atom is 0.316 e. The molecular formula is C32H42O6. The van der Waals surface area contributed by atoms with Gasteiger partial charge in [0.05, 0.1) is 17.9 Å². The second-order valence-corrected chi connectivity index (χ2v) is 12.1. The standard InChI is InChI=1S/C32H42O6/c1-19(2)24-18-22(27(36-11)26(20(3)4)28(24)38-30(35)32(8,9)10)14-17-25(33)21-12-15-23(16-13-21)37-29(34)31(5,6)7/h12-20H,1-11H3. The highest BCUT2D eigenvalue weighted by molar-refractivity contribution is 6.07. The van der Waals surface area contributed by atoms with Gasteiger partial charge in [-0.25, -0.2) is 0 Å². The monoisotopic (exact) mass is 522 g/mol. The molecule has 0 atom stereocenters. The summed E-state index contributed by atoms with van der Waals surface area (Å²) in [6.07, 6.45) is 3.21. The molecule has 0 aromatic heterocycles. The summed E-state index contributed by atoms with van der Waals surface area (Å²) in [6.45, 7) is 18.9. The smallest absolute Gasteiger partial charge is 0.316 e. The molecule has 38 heavy (non-hydrogen) atoms. The van der Waals surface area contributed by atoms with Crippen LogP contribution in [0.3, 0.4) is 0 Å². The zero-order chi connectivity index (χ0) is 29.0. The molecule has 0 radical (unpaired) electrons. The highest BCUT2D eigenvalue weighted by atomic mass is 16.5. The maximum atomic E-state index is 13.0. The first-order valence-electron chi connectivity index (χ1n) is 13.0. The third-order valence-electron chi connectivity index (χ3n) is 5.91. The molecule has 2 aromatic rings. The Morgan fingerprint density at radius 3 is 1.74 bits per heavy atom. The fraction of sp³-hybridized carbons (Fsp3) is 0.469. The Bertz CT molecular complexity index is 1200. The van der Waals surface area contributed by atoms with Gasteiger partial charge in [-0.1, -0.05) is 27.7 Å². The van der Waals surface area contributed by atoms with Crippen LogP contribution >= 0.6 is 0 Å². The second kappa shape index (κ2) is 12.0. The number of rotatable bonds is 8. The van der Waals surface area contributed by atoms with E-state index in [0.717, 1.165) is 16.7 Å². The summed E-state index contributed by atoms with van der Waals surface area (Å²) < 4.78 is 17.1. The number of benzene rings is 2. The topological polar surface area (TPSA) is 78.9 Å². The Morgan fingerprint density at radius 1 is 0.763 bits per heavy atom. The van der Waals surface area contributed by atoms with Crippen LogP contribution in [0.25, 0.3) is 6.08 Å². The van der Waals surface area contributed by atoms with E-state index in [1.807, 2.05) is 54.5 Å². The summed E-state index contributed by atoms with van der Waals surface area (Å²) in [4.78, 5) is 37.9. The van der Waals surface area contributed by atoms with Crippen molar-refractivity contribution in [3.8, 4) is 17.2 Å². The van der Waals surface area contributed by atoms with Crippen molar-refractivity contribution in [3.05, 3.63) is 58.7 Å². The lowest BCUT2D eigenvalue weighted by Gasteiger charge is -2.25. The van der Waals surface area contributed by atoms with Crippen LogP contribution in [-0.2, 0) is 9.59 Å². The van der Waals surface area contributed by atoms with Crippen LogP contribution in [0.2, 0.25) is 0 Å². The molecule has 0 amide bonds. The van der Waals surface area contributed by atoms with Crippen molar-refractivity contribution >= 4 is 23.8 Å². The lowest BCUT2D eigenvalue weighted by molar-refractivity contribution is -0.143.